The van der Waals surface area contributed by atoms with E-state index in [0.29, 0.717) is 24.9 Å². The van der Waals surface area contributed by atoms with E-state index in [-0.39, 0.29) is 41.3 Å². The zero-order valence-electron chi connectivity index (χ0n) is 18.6. The lowest BCUT2D eigenvalue weighted by Gasteiger charge is -2.36. The van der Waals surface area contributed by atoms with Crippen molar-refractivity contribution >= 4 is 27.3 Å². The van der Waals surface area contributed by atoms with Crippen LogP contribution in [0.15, 0.2) is 35.2 Å². The monoisotopic (exact) mass is 475 g/mol. The lowest BCUT2D eigenvalue weighted by molar-refractivity contribution is -0.385. The van der Waals surface area contributed by atoms with E-state index in [0.717, 1.165) is 35.7 Å². The van der Waals surface area contributed by atoms with Crippen molar-refractivity contribution in [1.29, 1.82) is 0 Å². The Labute approximate surface area is 192 Å². The first-order valence-corrected chi connectivity index (χ1v) is 12.4. The van der Waals surface area contributed by atoms with Crippen molar-refractivity contribution in [2.75, 3.05) is 24.5 Å². The second-order valence-corrected chi connectivity index (χ2v) is 10.6. The molecule has 0 N–H and O–H groups in total. The number of rotatable bonds is 4. The maximum atomic E-state index is 13.8. The summed E-state index contributed by atoms with van der Waals surface area (Å²) in [5.41, 5.74) is 2.48. The number of amides is 1. The summed E-state index contributed by atoms with van der Waals surface area (Å²) in [6.45, 7) is 4.27. The highest BCUT2D eigenvalue weighted by atomic mass is 32.2. The van der Waals surface area contributed by atoms with Gasteiger partial charge in [-0.3, -0.25) is 14.9 Å². The van der Waals surface area contributed by atoms with E-state index < -0.39 is 14.9 Å². The second-order valence-electron chi connectivity index (χ2n) is 8.71. The Bertz CT molecular complexity index is 1220. The molecule has 176 valence electrons. The molecule has 1 amide bonds. The molecule has 0 atom stereocenters. The number of carbonyl (C=O) groups is 1. The highest BCUT2D eigenvalue weighted by molar-refractivity contribution is 7.89. The summed E-state index contributed by atoms with van der Waals surface area (Å²) in [4.78, 5) is 25.5. The van der Waals surface area contributed by atoms with E-state index in [9.17, 15) is 27.7 Å². The number of nitro groups is 1. The molecule has 4 rings (SSSR count). The summed E-state index contributed by atoms with van der Waals surface area (Å²) in [6.07, 6.45) is 2.19. The number of benzene rings is 2. The predicted molar refractivity (Wildman–Crippen MR) is 121 cm³/mol. The molecule has 0 spiro atoms. The second kappa shape index (κ2) is 8.83. The summed E-state index contributed by atoms with van der Waals surface area (Å²) >= 11 is 0. The number of nitrogens with zero attached hydrogens (tertiary/aromatic N) is 3. The quantitative estimate of drug-likeness (QED) is 0.495. The number of non-ortho nitro benzene ring substituents is 1. The van der Waals surface area contributed by atoms with Crippen LogP contribution in [0, 0.1) is 35.7 Å². The minimum atomic E-state index is -3.92. The van der Waals surface area contributed by atoms with Crippen LogP contribution in [0.5, 0.6) is 0 Å². The Balaban J connectivity index is 1.51. The Hall–Kier alpha value is -2.85. The highest BCUT2D eigenvalue weighted by Crippen LogP contribution is 2.35. The van der Waals surface area contributed by atoms with Gasteiger partial charge in [0, 0.05) is 43.4 Å². The number of piperidine rings is 1. The van der Waals surface area contributed by atoms with Crippen LogP contribution in [-0.2, 0) is 21.2 Å². The molecule has 2 heterocycles. The molecule has 1 saturated heterocycles. The molecule has 0 saturated carbocycles. The van der Waals surface area contributed by atoms with Gasteiger partial charge in [-0.25, -0.2) is 12.8 Å². The number of aryl methyl sites for hydroxylation is 3. The van der Waals surface area contributed by atoms with Crippen LogP contribution in [0.25, 0.3) is 0 Å². The van der Waals surface area contributed by atoms with Crippen molar-refractivity contribution in [2.45, 2.75) is 44.4 Å². The van der Waals surface area contributed by atoms with Crippen molar-refractivity contribution in [3.63, 3.8) is 0 Å². The third-order valence-electron chi connectivity index (χ3n) is 6.51. The Morgan fingerprint density at radius 1 is 1.09 bits per heavy atom. The molecule has 0 unspecified atom stereocenters. The first-order valence-electron chi connectivity index (χ1n) is 10.9. The summed E-state index contributed by atoms with van der Waals surface area (Å²) < 4.78 is 41.5. The Kier molecular flexibility index (Phi) is 6.24. The fourth-order valence-corrected chi connectivity index (χ4v) is 6.54. The summed E-state index contributed by atoms with van der Waals surface area (Å²) in [7, 11) is -3.92. The van der Waals surface area contributed by atoms with Gasteiger partial charge in [-0.1, -0.05) is 6.07 Å². The highest BCUT2D eigenvalue weighted by Gasteiger charge is 2.36. The molecule has 8 nitrogen and oxygen atoms in total. The molecule has 0 aromatic heterocycles. The fraction of sp³-hybridized carbons (Fsp3) is 0.435. The van der Waals surface area contributed by atoms with Crippen LogP contribution in [-0.4, -0.2) is 43.2 Å². The maximum absolute atomic E-state index is 13.8. The first-order chi connectivity index (χ1) is 15.6. The number of hydrogen-bond donors (Lipinski definition) is 0. The van der Waals surface area contributed by atoms with Gasteiger partial charge >= 0.3 is 0 Å². The minimum absolute atomic E-state index is 0.0609. The minimum Gasteiger partial charge on any atom is -0.312 e. The van der Waals surface area contributed by atoms with Gasteiger partial charge in [0.2, 0.25) is 15.9 Å². The van der Waals surface area contributed by atoms with Crippen LogP contribution >= 0.6 is 0 Å². The normalized spacial score (nSPS) is 17.6. The fourth-order valence-electron chi connectivity index (χ4n) is 4.82. The van der Waals surface area contributed by atoms with Gasteiger partial charge in [0.1, 0.15) is 5.82 Å². The Morgan fingerprint density at radius 2 is 1.79 bits per heavy atom. The number of nitro benzene ring substituents is 1. The van der Waals surface area contributed by atoms with Crippen LogP contribution < -0.4 is 4.90 Å². The van der Waals surface area contributed by atoms with Gasteiger partial charge in [0.15, 0.2) is 0 Å². The number of fused-ring (bicyclic) bond motifs is 1. The molecule has 2 aromatic carbocycles. The third-order valence-corrected chi connectivity index (χ3v) is 8.55. The largest absolute Gasteiger partial charge is 0.312 e. The summed E-state index contributed by atoms with van der Waals surface area (Å²) in [5, 5.41) is 11.1. The Morgan fingerprint density at radius 3 is 2.45 bits per heavy atom. The number of sulfonamides is 1. The molecule has 0 aliphatic carbocycles. The third kappa shape index (κ3) is 4.37. The average Bonchev–Trinajstić information content (AvgIpc) is 2.78. The SMILES string of the molecule is Cc1ccc([N+](=O)[O-])cc1S(=O)(=O)N1CCC(C(=O)N2CCCc3cc(F)cc(C)c32)CC1. The number of anilines is 1. The van der Waals surface area contributed by atoms with Crippen LogP contribution in [0.3, 0.4) is 0 Å². The molecule has 33 heavy (non-hydrogen) atoms. The molecule has 0 bridgehead atoms. The number of carbonyl (C=O) groups excluding carboxylic acids is 1. The van der Waals surface area contributed by atoms with Gasteiger partial charge in [0.25, 0.3) is 5.69 Å². The first kappa shape index (κ1) is 23.3. The maximum Gasteiger partial charge on any atom is 0.270 e. The molecule has 1 fully saturated rings. The van der Waals surface area contributed by atoms with E-state index in [4.69, 9.17) is 0 Å². The van der Waals surface area contributed by atoms with Crippen LogP contribution in [0.1, 0.15) is 36.0 Å². The van der Waals surface area contributed by atoms with E-state index in [2.05, 4.69) is 0 Å². The van der Waals surface area contributed by atoms with E-state index in [1.807, 2.05) is 0 Å². The zero-order valence-corrected chi connectivity index (χ0v) is 19.4. The molecule has 10 heteroatoms. The van der Waals surface area contributed by atoms with Gasteiger partial charge in [-0.05, 0) is 68.4 Å². The smallest absolute Gasteiger partial charge is 0.270 e. The molecular formula is C23H26FN3O5S. The lowest BCUT2D eigenvalue weighted by Crippen LogP contribution is -2.46. The van der Waals surface area contributed by atoms with Crippen molar-refractivity contribution in [3.05, 3.63) is 63.0 Å². The molecule has 2 aliphatic heterocycles. The van der Waals surface area contributed by atoms with Crippen molar-refractivity contribution in [1.82, 2.24) is 4.31 Å². The predicted octanol–water partition coefficient (Wildman–Crippen LogP) is 3.73. The zero-order chi connectivity index (χ0) is 23.9. The van der Waals surface area contributed by atoms with Gasteiger partial charge in [0.05, 0.1) is 9.82 Å². The lowest BCUT2D eigenvalue weighted by atomic mass is 9.92. The van der Waals surface area contributed by atoms with Gasteiger partial charge in [-0.15, -0.1) is 0 Å². The summed E-state index contributed by atoms with van der Waals surface area (Å²) in [5.74, 6) is -0.706. The van der Waals surface area contributed by atoms with Crippen LogP contribution in [0.4, 0.5) is 15.8 Å². The van der Waals surface area contributed by atoms with Gasteiger partial charge in [-0.2, -0.15) is 4.31 Å². The number of hydrogen-bond acceptors (Lipinski definition) is 5. The molecule has 0 radical (unpaired) electrons. The van der Waals surface area contributed by atoms with E-state index in [1.54, 1.807) is 18.7 Å². The topological polar surface area (TPSA) is 101 Å². The molecule has 2 aliphatic rings. The van der Waals surface area contributed by atoms with Crippen molar-refractivity contribution in [2.24, 2.45) is 5.92 Å². The number of halogens is 1. The van der Waals surface area contributed by atoms with E-state index >= 15 is 0 Å². The summed E-state index contributed by atoms with van der Waals surface area (Å²) in [6, 6.07) is 6.72. The standard InChI is InChI=1S/C23H26FN3O5S/c1-15-5-6-20(27(29)30)14-21(15)33(31,32)25-10-7-17(8-11-25)23(28)26-9-3-4-18-13-19(24)12-16(2)22(18)26/h5-6,12-14,17H,3-4,7-11H2,1-2H3. The van der Waals surface area contributed by atoms with E-state index in [1.165, 1.54) is 28.6 Å². The van der Waals surface area contributed by atoms with Gasteiger partial charge < -0.3 is 4.90 Å². The van der Waals surface area contributed by atoms with Crippen molar-refractivity contribution in [3.8, 4) is 0 Å². The molecule has 2 aromatic rings. The van der Waals surface area contributed by atoms with Crippen molar-refractivity contribution < 1.29 is 22.5 Å². The molecular weight excluding hydrogens is 449 g/mol. The average molecular weight is 476 g/mol. The van der Waals surface area contributed by atoms with Crippen LogP contribution in [0.2, 0.25) is 0 Å².